The lowest BCUT2D eigenvalue weighted by atomic mass is 9.86. The van der Waals surface area contributed by atoms with Crippen LogP contribution in [0.25, 0.3) is 0 Å². The molecule has 0 saturated carbocycles. The topological polar surface area (TPSA) is 46.5 Å². The molecule has 0 atom stereocenters. The van der Waals surface area contributed by atoms with Crippen LogP contribution >= 0.6 is 0 Å². The molecule has 0 unspecified atom stereocenters. The van der Waals surface area contributed by atoms with Gasteiger partial charge < -0.3 is 9.84 Å². The zero-order valence-corrected chi connectivity index (χ0v) is 10.1. The molecule has 0 aliphatic carbocycles. The fourth-order valence-electron chi connectivity index (χ4n) is 1.35. The van der Waals surface area contributed by atoms with Crippen molar-refractivity contribution >= 4 is 5.97 Å². The summed E-state index contributed by atoms with van der Waals surface area (Å²) in [5.41, 5.74) is -0.252. The van der Waals surface area contributed by atoms with Crippen LogP contribution in [0.5, 0.6) is 5.75 Å². The van der Waals surface area contributed by atoms with Crippen LogP contribution in [0.4, 0.5) is 13.2 Å². The van der Waals surface area contributed by atoms with Gasteiger partial charge in [0.25, 0.3) is 0 Å². The molecule has 0 radical (unpaired) electrons. The number of halogens is 3. The average Bonchev–Trinajstić information content (AvgIpc) is 2.12. The first-order valence-electron chi connectivity index (χ1n) is 5.13. The molecule has 0 amide bonds. The lowest BCUT2D eigenvalue weighted by Crippen LogP contribution is -2.19. The maximum absolute atomic E-state index is 12.1. The third-order valence-electron chi connectivity index (χ3n) is 2.25. The Labute approximate surface area is 102 Å². The van der Waals surface area contributed by atoms with Crippen molar-refractivity contribution in [2.75, 3.05) is 0 Å². The maximum atomic E-state index is 12.1. The molecule has 0 saturated heterocycles. The number of hydrogen-bond donors (Lipinski definition) is 1. The maximum Gasteiger partial charge on any atom is 0.573 e. The summed E-state index contributed by atoms with van der Waals surface area (Å²) in [6, 6.07) is 3.39. The van der Waals surface area contributed by atoms with Gasteiger partial charge in [0.2, 0.25) is 0 Å². The van der Waals surface area contributed by atoms with Gasteiger partial charge in [-0.3, -0.25) is 0 Å². The van der Waals surface area contributed by atoms with Crippen molar-refractivity contribution in [3.8, 4) is 5.75 Å². The first-order chi connectivity index (χ1) is 7.99. The minimum atomic E-state index is -4.84. The van der Waals surface area contributed by atoms with E-state index in [-0.39, 0.29) is 5.56 Å². The largest absolute Gasteiger partial charge is 0.573 e. The van der Waals surface area contributed by atoms with Gasteiger partial charge in [0, 0.05) is 0 Å². The summed E-state index contributed by atoms with van der Waals surface area (Å²) in [4.78, 5) is 10.9. The summed E-state index contributed by atoms with van der Waals surface area (Å²) in [6.45, 7) is 5.31. The third-order valence-corrected chi connectivity index (χ3v) is 2.25. The van der Waals surface area contributed by atoms with Crippen molar-refractivity contribution in [2.45, 2.75) is 32.5 Å². The molecule has 1 aromatic rings. The Morgan fingerprint density at radius 1 is 1.17 bits per heavy atom. The molecule has 1 N–H and O–H groups in total. The number of alkyl halides is 3. The fraction of sp³-hybridized carbons (Fsp3) is 0.417. The van der Waals surface area contributed by atoms with Gasteiger partial charge in [-0.15, -0.1) is 13.2 Å². The van der Waals surface area contributed by atoms with Crippen LogP contribution < -0.4 is 4.74 Å². The van der Waals surface area contributed by atoms with E-state index in [2.05, 4.69) is 4.74 Å². The van der Waals surface area contributed by atoms with Crippen molar-refractivity contribution in [3.63, 3.8) is 0 Å². The number of ether oxygens (including phenoxy) is 1. The van der Waals surface area contributed by atoms with Crippen molar-refractivity contribution in [3.05, 3.63) is 29.3 Å². The second-order valence-corrected chi connectivity index (χ2v) is 4.85. The highest BCUT2D eigenvalue weighted by Gasteiger charge is 2.32. The predicted octanol–water partition coefficient (Wildman–Crippen LogP) is 3.58. The smallest absolute Gasteiger partial charge is 0.478 e. The van der Waals surface area contributed by atoms with Crippen LogP contribution in [-0.4, -0.2) is 17.4 Å². The fourth-order valence-corrected chi connectivity index (χ4v) is 1.35. The number of hydrogen-bond acceptors (Lipinski definition) is 2. The standard InChI is InChI=1S/C12H13F3O3/c1-11(2,3)8-4-7(10(16)17)5-9(6-8)18-12(13,14)15/h4-6H,1-3H3,(H,16,17). The van der Waals surface area contributed by atoms with Crippen molar-refractivity contribution in [1.29, 1.82) is 0 Å². The van der Waals surface area contributed by atoms with Crippen LogP contribution in [0.3, 0.4) is 0 Å². The summed E-state index contributed by atoms with van der Waals surface area (Å²) in [5.74, 6) is -1.82. The highest BCUT2D eigenvalue weighted by Crippen LogP contribution is 2.30. The second-order valence-electron chi connectivity index (χ2n) is 4.85. The van der Waals surface area contributed by atoms with Gasteiger partial charge in [-0.1, -0.05) is 20.8 Å². The Morgan fingerprint density at radius 2 is 1.72 bits per heavy atom. The van der Waals surface area contributed by atoms with E-state index < -0.39 is 23.5 Å². The number of rotatable bonds is 2. The molecule has 0 aliphatic rings. The molecular weight excluding hydrogens is 249 g/mol. The van der Waals surface area contributed by atoms with Gasteiger partial charge in [-0.05, 0) is 29.2 Å². The van der Waals surface area contributed by atoms with E-state index in [4.69, 9.17) is 5.11 Å². The molecule has 6 heteroatoms. The molecule has 100 valence electrons. The first kappa shape index (κ1) is 14.3. The Bertz CT molecular complexity index is 459. The summed E-state index contributed by atoms with van der Waals surface area (Å²) in [7, 11) is 0. The molecule has 1 rings (SSSR count). The Hall–Kier alpha value is -1.72. The van der Waals surface area contributed by atoms with Crippen molar-refractivity contribution in [1.82, 2.24) is 0 Å². The van der Waals surface area contributed by atoms with Crippen molar-refractivity contribution < 1.29 is 27.8 Å². The van der Waals surface area contributed by atoms with Crippen LogP contribution in [0, 0.1) is 0 Å². The number of carboxylic acids is 1. The molecule has 0 bridgehead atoms. The predicted molar refractivity (Wildman–Crippen MR) is 58.8 cm³/mol. The first-order valence-corrected chi connectivity index (χ1v) is 5.13. The van der Waals surface area contributed by atoms with Gasteiger partial charge in [0.1, 0.15) is 5.75 Å². The van der Waals surface area contributed by atoms with E-state index in [9.17, 15) is 18.0 Å². The molecular formula is C12H13F3O3. The van der Waals surface area contributed by atoms with Gasteiger partial charge in [-0.25, -0.2) is 4.79 Å². The average molecular weight is 262 g/mol. The molecule has 0 heterocycles. The van der Waals surface area contributed by atoms with Crippen LogP contribution in [-0.2, 0) is 5.41 Å². The zero-order valence-electron chi connectivity index (χ0n) is 10.1. The minimum absolute atomic E-state index is 0.235. The van der Waals surface area contributed by atoms with Gasteiger partial charge >= 0.3 is 12.3 Å². The SMILES string of the molecule is CC(C)(C)c1cc(OC(F)(F)F)cc(C(=O)O)c1. The Balaban J connectivity index is 3.27. The highest BCUT2D eigenvalue weighted by molar-refractivity contribution is 5.88. The van der Waals surface area contributed by atoms with E-state index in [1.54, 1.807) is 20.8 Å². The molecule has 3 nitrogen and oxygen atoms in total. The minimum Gasteiger partial charge on any atom is -0.478 e. The zero-order chi connectivity index (χ0) is 14.1. The molecule has 0 aromatic heterocycles. The summed E-state index contributed by atoms with van der Waals surface area (Å²) < 4.78 is 40.2. The molecule has 0 fully saturated rings. The van der Waals surface area contributed by atoms with E-state index >= 15 is 0 Å². The summed E-state index contributed by atoms with van der Waals surface area (Å²) in [5, 5.41) is 8.86. The summed E-state index contributed by atoms with van der Waals surface area (Å²) in [6.07, 6.45) is -4.84. The monoisotopic (exact) mass is 262 g/mol. The Kier molecular flexibility index (Phi) is 3.59. The Morgan fingerprint density at radius 3 is 2.11 bits per heavy atom. The quantitative estimate of drug-likeness (QED) is 0.886. The molecule has 0 aliphatic heterocycles. The van der Waals surface area contributed by atoms with E-state index in [1.807, 2.05) is 0 Å². The van der Waals surface area contributed by atoms with Crippen LogP contribution in [0.15, 0.2) is 18.2 Å². The number of carbonyl (C=O) groups is 1. The van der Waals surface area contributed by atoms with Gasteiger partial charge in [0.05, 0.1) is 5.56 Å². The lowest BCUT2D eigenvalue weighted by Gasteiger charge is -2.21. The summed E-state index contributed by atoms with van der Waals surface area (Å²) >= 11 is 0. The number of aromatic carboxylic acids is 1. The van der Waals surface area contributed by atoms with E-state index in [1.165, 1.54) is 12.1 Å². The number of carboxylic acid groups (broad SMARTS) is 1. The van der Waals surface area contributed by atoms with E-state index in [0.29, 0.717) is 5.56 Å². The van der Waals surface area contributed by atoms with Crippen LogP contribution in [0.2, 0.25) is 0 Å². The highest BCUT2D eigenvalue weighted by atomic mass is 19.4. The molecule has 1 aromatic carbocycles. The van der Waals surface area contributed by atoms with E-state index in [0.717, 1.165) is 6.07 Å². The number of benzene rings is 1. The van der Waals surface area contributed by atoms with Gasteiger partial charge in [0.15, 0.2) is 0 Å². The van der Waals surface area contributed by atoms with Gasteiger partial charge in [-0.2, -0.15) is 0 Å². The van der Waals surface area contributed by atoms with Crippen molar-refractivity contribution in [2.24, 2.45) is 0 Å². The lowest BCUT2D eigenvalue weighted by molar-refractivity contribution is -0.274. The molecule has 18 heavy (non-hydrogen) atoms. The third kappa shape index (κ3) is 3.94. The molecule has 0 spiro atoms. The normalized spacial score (nSPS) is 12.3. The van der Waals surface area contributed by atoms with Crippen LogP contribution in [0.1, 0.15) is 36.7 Å². The second kappa shape index (κ2) is 4.51.